The van der Waals surface area contributed by atoms with Crippen molar-refractivity contribution in [3.05, 3.63) is 18.0 Å². The molecular formula is C6H12ClN3O2S. The monoisotopic (exact) mass is 225 g/mol. The van der Waals surface area contributed by atoms with E-state index >= 15 is 0 Å². The van der Waals surface area contributed by atoms with Gasteiger partial charge in [-0.3, -0.25) is 9.11 Å². The number of nitrogens with zero attached hydrogens (tertiary/aromatic N) is 3. The van der Waals surface area contributed by atoms with E-state index in [2.05, 4.69) is 5.10 Å². The van der Waals surface area contributed by atoms with E-state index in [-0.39, 0.29) is 5.88 Å². The highest BCUT2D eigenvalue weighted by molar-refractivity contribution is 8.20. The molecule has 0 aliphatic rings. The molecule has 0 bridgehead atoms. The molecule has 7 heteroatoms. The first kappa shape index (κ1) is 10.8. The summed E-state index contributed by atoms with van der Waals surface area (Å²) in [6.07, 6.45) is 1.49. The van der Waals surface area contributed by atoms with Crippen LogP contribution in [0.4, 0.5) is 0 Å². The average Bonchev–Trinajstić information content (AvgIpc) is 2.51. The predicted molar refractivity (Wildman–Crippen MR) is 53.7 cm³/mol. The molecule has 2 N–H and O–H groups in total. The lowest BCUT2D eigenvalue weighted by molar-refractivity contribution is 0.395. The summed E-state index contributed by atoms with van der Waals surface area (Å²) in [7, 11) is 0.148. The Bertz CT molecular complexity index is 289. The fourth-order valence-electron chi connectivity index (χ4n) is 0.718. The van der Waals surface area contributed by atoms with Crippen LogP contribution in [0.25, 0.3) is 0 Å². The van der Waals surface area contributed by atoms with Crippen molar-refractivity contribution < 1.29 is 9.11 Å². The Morgan fingerprint density at radius 2 is 2.23 bits per heavy atom. The first-order valence-electron chi connectivity index (χ1n) is 3.55. The molecule has 1 heterocycles. The molecule has 1 aromatic rings. The number of rotatable bonds is 3. The highest BCUT2D eigenvalue weighted by Gasteiger charge is 2.18. The third-order valence-electron chi connectivity index (χ3n) is 1.50. The van der Waals surface area contributed by atoms with Gasteiger partial charge in [0.15, 0.2) is 0 Å². The van der Waals surface area contributed by atoms with Crippen LogP contribution < -0.4 is 0 Å². The SMILES string of the molecule is CN(C)S(O)(O)n1ccc(CCl)n1. The van der Waals surface area contributed by atoms with E-state index in [4.69, 9.17) is 11.6 Å². The van der Waals surface area contributed by atoms with Crippen LogP contribution >= 0.6 is 22.6 Å². The van der Waals surface area contributed by atoms with Gasteiger partial charge in [0.1, 0.15) is 0 Å². The lowest BCUT2D eigenvalue weighted by Gasteiger charge is -2.37. The molecule has 0 spiro atoms. The fraction of sp³-hybridized carbons (Fsp3) is 0.500. The van der Waals surface area contributed by atoms with Gasteiger partial charge >= 0.3 is 0 Å². The Morgan fingerprint density at radius 1 is 1.62 bits per heavy atom. The smallest absolute Gasteiger partial charge is 0.0791 e. The summed E-state index contributed by atoms with van der Waals surface area (Å²) in [6, 6.07) is 1.64. The molecule has 0 amide bonds. The number of aromatic nitrogens is 2. The molecule has 76 valence electrons. The van der Waals surface area contributed by atoms with E-state index in [0.29, 0.717) is 5.69 Å². The summed E-state index contributed by atoms with van der Waals surface area (Å²) in [5.41, 5.74) is 0.614. The molecule has 5 nitrogen and oxygen atoms in total. The third kappa shape index (κ3) is 2.15. The number of hydrogen-bond acceptors (Lipinski definition) is 4. The van der Waals surface area contributed by atoms with Gasteiger partial charge in [-0.15, -0.1) is 11.6 Å². The van der Waals surface area contributed by atoms with Gasteiger partial charge in [-0.1, -0.05) is 0 Å². The zero-order valence-corrected chi connectivity index (χ0v) is 8.96. The minimum absolute atomic E-state index is 0.260. The number of alkyl halides is 1. The standard InChI is InChI=1S/C6H12ClN3O2S/c1-9(2)13(11,12)10-4-3-6(5-7)8-10/h3-4,11-12H,5H2,1-2H3. The average molecular weight is 226 g/mol. The second-order valence-corrected chi connectivity index (χ2v) is 5.00. The lowest BCUT2D eigenvalue weighted by atomic mass is 10.5. The van der Waals surface area contributed by atoms with E-state index < -0.39 is 11.0 Å². The quantitative estimate of drug-likeness (QED) is 0.768. The number of halogens is 1. The minimum atomic E-state index is -2.99. The third-order valence-corrected chi connectivity index (χ3v) is 3.46. The van der Waals surface area contributed by atoms with Crippen molar-refractivity contribution in [1.29, 1.82) is 0 Å². The van der Waals surface area contributed by atoms with Crippen LogP contribution in [0.1, 0.15) is 5.69 Å². The maximum absolute atomic E-state index is 9.59. The topological polar surface area (TPSA) is 61.5 Å². The molecule has 0 aliphatic heterocycles. The van der Waals surface area contributed by atoms with Crippen LogP contribution in [-0.4, -0.2) is 36.7 Å². The van der Waals surface area contributed by atoms with Crippen LogP contribution in [0.5, 0.6) is 0 Å². The summed E-state index contributed by atoms with van der Waals surface area (Å²) in [6.45, 7) is 0. The zero-order valence-electron chi connectivity index (χ0n) is 7.38. The van der Waals surface area contributed by atoms with Crippen molar-refractivity contribution in [3.8, 4) is 0 Å². The van der Waals surface area contributed by atoms with Crippen LogP contribution in [0.15, 0.2) is 12.3 Å². The highest BCUT2D eigenvalue weighted by Crippen LogP contribution is 2.41. The Balaban J connectivity index is 2.93. The van der Waals surface area contributed by atoms with Crippen molar-refractivity contribution in [2.75, 3.05) is 14.1 Å². The van der Waals surface area contributed by atoms with Crippen molar-refractivity contribution >= 4 is 22.6 Å². The van der Waals surface area contributed by atoms with E-state index in [1.54, 1.807) is 20.2 Å². The van der Waals surface area contributed by atoms with E-state index in [0.717, 1.165) is 4.09 Å². The molecule has 13 heavy (non-hydrogen) atoms. The van der Waals surface area contributed by atoms with Crippen molar-refractivity contribution in [2.24, 2.45) is 0 Å². The Labute approximate surface area is 83.5 Å². The first-order valence-corrected chi connectivity index (χ1v) is 5.54. The molecule has 0 saturated carbocycles. The summed E-state index contributed by atoms with van der Waals surface area (Å²) in [5.74, 6) is 0.260. The summed E-state index contributed by atoms with van der Waals surface area (Å²) in [4.78, 5) is 0. The molecule has 1 aromatic heterocycles. The summed E-state index contributed by atoms with van der Waals surface area (Å²) in [5, 5.41) is 3.90. The van der Waals surface area contributed by atoms with Crippen LogP contribution in [0.2, 0.25) is 0 Å². The van der Waals surface area contributed by atoms with E-state index in [1.807, 2.05) is 0 Å². The molecule has 0 aliphatic carbocycles. The van der Waals surface area contributed by atoms with Crippen LogP contribution in [-0.2, 0) is 5.88 Å². The van der Waals surface area contributed by atoms with Gasteiger partial charge in [0, 0.05) is 14.1 Å². The maximum Gasteiger partial charge on any atom is 0.0791 e. The van der Waals surface area contributed by atoms with Crippen LogP contribution in [0.3, 0.4) is 0 Å². The fourth-order valence-corrected chi connectivity index (χ4v) is 1.63. The van der Waals surface area contributed by atoms with Crippen LogP contribution in [0, 0.1) is 0 Å². The first-order chi connectivity index (χ1) is 5.98. The molecule has 0 saturated heterocycles. The van der Waals surface area contributed by atoms with Gasteiger partial charge in [0.05, 0.1) is 17.8 Å². The lowest BCUT2D eigenvalue weighted by Crippen LogP contribution is -2.25. The maximum atomic E-state index is 9.59. The van der Waals surface area contributed by atoms with Crippen molar-refractivity contribution in [3.63, 3.8) is 0 Å². The molecule has 0 unspecified atom stereocenters. The van der Waals surface area contributed by atoms with Gasteiger partial charge in [-0.2, -0.15) is 13.5 Å². The normalized spacial score (nSPS) is 13.7. The highest BCUT2D eigenvalue weighted by atomic mass is 35.5. The van der Waals surface area contributed by atoms with E-state index in [1.165, 1.54) is 10.5 Å². The van der Waals surface area contributed by atoms with Gasteiger partial charge in [-0.25, -0.2) is 0 Å². The van der Waals surface area contributed by atoms with Gasteiger partial charge in [0.25, 0.3) is 0 Å². The molecular weight excluding hydrogens is 214 g/mol. The predicted octanol–water partition coefficient (Wildman–Crippen LogP) is 1.61. The Morgan fingerprint density at radius 3 is 2.62 bits per heavy atom. The number of hydrogen-bond donors (Lipinski definition) is 2. The molecule has 0 fully saturated rings. The van der Waals surface area contributed by atoms with Gasteiger partial charge in [0.2, 0.25) is 0 Å². The zero-order chi connectivity index (χ0) is 10.1. The summed E-state index contributed by atoms with van der Waals surface area (Å²) < 4.78 is 21.6. The summed E-state index contributed by atoms with van der Waals surface area (Å²) >= 11 is 5.53. The van der Waals surface area contributed by atoms with Crippen molar-refractivity contribution in [2.45, 2.75) is 5.88 Å². The molecule has 0 aromatic carbocycles. The second kappa shape index (κ2) is 3.85. The molecule has 1 rings (SSSR count). The second-order valence-electron chi connectivity index (χ2n) is 2.65. The Hall–Kier alpha value is -0.270. The van der Waals surface area contributed by atoms with Gasteiger partial charge in [-0.05, 0) is 17.0 Å². The largest absolute Gasteiger partial charge is 0.267 e. The van der Waals surface area contributed by atoms with Gasteiger partial charge < -0.3 is 0 Å². The molecule has 0 atom stereocenters. The Kier molecular flexibility index (Phi) is 3.20. The van der Waals surface area contributed by atoms with E-state index in [9.17, 15) is 9.11 Å². The van der Waals surface area contributed by atoms with Crippen molar-refractivity contribution in [1.82, 2.24) is 13.5 Å². The minimum Gasteiger partial charge on any atom is -0.267 e. The molecule has 0 radical (unpaired) electrons.